The molecule has 0 amide bonds. The van der Waals surface area contributed by atoms with Crippen molar-refractivity contribution in [2.24, 2.45) is 0 Å². The first-order valence-electron chi connectivity index (χ1n) is 9.57. The van der Waals surface area contributed by atoms with Gasteiger partial charge >= 0.3 is 0 Å². The lowest BCUT2D eigenvalue weighted by atomic mass is 10.0. The second-order valence-corrected chi connectivity index (χ2v) is 7.54. The number of H-pyrrole nitrogens is 1. The Morgan fingerprint density at radius 2 is 2.04 bits per heavy atom. The van der Waals surface area contributed by atoms with Gasteiger partial charge in [-0.2, -0.15) is 5.26 Å². The number of β-amino-alcohol motifs (C(OH)–C–C–N with tert-alkyl or cyclic N) is 1. The molecular formula is C20H22N6O. The monoisotopic (exact) mass is 362 g/mol. The maximum atomic E-state index is 9.82. The van der Waals surface area contributed by atoms with Gasteiger partial charge in [0.05, 0.1) is 23.5 Å². The zero-order chi connectivity index (χ0) is 18.4. The van der Waals surface area contributed by atoms with E-state index in [9.17, 15) is 10.4 Å². The molecule has 5 heterocycles. The van der Waals surface area contributed by atoms with Crippen LogP contribution >= 0.6 is 0 Å². The highest BCUT2D eigenvalue weighted by Gasteiger charge is 2.31. The first-order valence-corrected chi connectivity index (χ1v) is 9.57. The Bertz CT molecular complexity index is 1030. The number of nitrogens with one attached hydrogen (secondary N) is 1. The van der Waals surface area contributed by atoms with Gasteiger partial charge in [-0.05, 0) is 31.4 Å². The van der Waals surface area contributed by atoms with Gasteiger partial charge in [-0.3, -0.25) is 4.90 Å². The SMILES string of the molecule is N#Cc1ncc2[nH]c3ncccc3c2c1N1CCC(N2CC[C@@H](O)C2)CC1. The van der Waals surface area contributed by atoms with Gasteiger partial charge in [-0.15, -0.1) is 0 Å². The first-order chi connectivity index (χ1) is 13.2. The largest absolute Gasteiger partial charge is 0.392 e. The van der Waals surface area contributed by atoms with E-state index in [1.54, 1.807) is 12.4 Å². The number of aromatic nitrogens is 3. The highest BCUT2D eigenvalue weighted by atomic mass is 16.3. The molecular weight excluding hydrogens is 340 g/mol. The molecule has 0 radical (unpaired) electrons. The molecule has 0 bridgehead atoms. The summed E-state index contributed by atoms with van der Waals surface area (Å²) in [5, 5.41) is 21.6. The summed E-state index contributed by atoms with van der Waals surface area (Å²) in [7, 11) is 0. The number of aliphatic hydroxyl groups is 1. The van der Waals surface area contributed by atoms with Crippen molar-refractivity contribution in [3.05, 3.63) is 30.2 Å². The summed E-state index contributed by atoms with van der Waals surface area (Å²) in [5.41, 5.74) is 3.14. The van der Waals surface area contributed by atoms with Crippen molar-refractivity contribution in [3.63, 3.8) is 0 Å². The summed E-state index contributed by atoms with van der Waals surface area (Å²) in [6, 6.07) is 6.77. The number of aromatic amines is 1. The van der Waals surface area contributed by atoms with Crippen molar-refractivity contribution in [1.82, 2.24) is 19.9 Å². The van der Waals surface area contributed by atoms with Crippen LogP contribution in [0.25, 0.3) is 21.9 Å². The van der Waals surface area contributed by atoms with Crippen LogP contribution < -0.4 is 4.90 Å². The Labute approximate surface area is 157 Å². The Hall–Kier alpha value is -2.69. The summed E-state index contributed by atoms with van der Waals surface area (Å²) in [6.45, 7) is 3.55. The van der Waals surface area contributed by atoms with Crippen molar-refractivity contribution in [2.75, 3.05) is 31.1 Å². The molecule has 0 unspecified atom stereocenters. The fraction of sp³-hybridized carbons (Fsp3) is 0.450. The van der Waals surface area contributed by atoms with Crippen LogP contribution in [0.15, 0.2) is 24.5 Å². The molecule has 7 nitrogen and oxygen atoms in total. The molecule has 0 saturated carbocycles. The van der Waals surface area contributed by atoms with E-state index in [1.165, 1.54) is 0 Å². The van der Waals surface area contributed by atoms with Gasteiger partial charge in [0, 0.05) is 49.2 Å². The Kier molecular flexibility index (Phi) is 3.96. The van der Waals surface area contributed by atoms with Crippen LogP contribution in [0, 0.1) is 11.3 Å². The van der Waals surface area contributed by atoms with Crippen LogP contribution in [-0.4, -0.2) is 63.3 Å². The molecule has 7 heteroatoms. The number of pyridine rings is 2. The molecule has 2 aliphatic heterocycles. The number of piperidine rings is 1. The molecule has 2 saturated heterocycles. The minimum atomic E-state index is -0.176. The number of anilines is 1. The van der Waals surface area contributed by atoms with Gasteiger partial charge in [0.2, 0.25) is 0 Å². The van der Waals surface area contributed by atoms with E-state index in [0.29, 0.717) is 11.7 Å². The number of rotatable bonds is 2. The summed E-state index contributed by atoms with van der Waals surface area (Å²) < 4.78 is 0. The summed E-state index contributed by atoms with van der Waals surface area (Å²) in [4.78, 5) is 16.9. The topological polar surface area (TPSA) is 92.1 Å². The minimum absolute atomic E-state index is 0.176. The van der Waals surface area contributed by atoms with Gasteiger partial charge in [0.15, 0.2) is 5.69 Å². The highest BCUT2D eigenvalue weighted by molar-refractivity contribution is 6.13. The fourth-order valence-corrected chi connectivity index (χ4v) is 4.65. The number of aliphatic hydroxyl groups excluding tert-OH is 1. The molecule has 27 heavy (non-hydrogen) atoms. The smallest absolute Gasteiger partial charge is 0.164 e. The molecule has 3 aromatic heterocycles. The second-order valence-electron chi connectivity index (χ2n) is 7.54. The highest BCUT2D eigenvalue weighted by Crippen LogP contribution is 2.36. The van der Waals surface area contributed by atoms with E-state index < -0.39 is 0 Å². The maximum Gasteiger partial charge on any atom is 0.164 e. The minimum Gasteiger partial charge on any atom is -0.392 e. The molecule has 0 aromatic carbocycles. The van der Waals surface area contributed by atoms with Gasteiger partial charge in [-0.25, -0.2) is 9.97 Å². The third-order valence-electron chi connectivity index (χ3n) is 5.98. The van der Waals surface area contributed by atoms with Crippen LogP contribution in [0.1, 0.15) is 25.0 Å². The van der Waals surface area contributed by atoms with Crippen LogP contribution in [-0.2, 0) is 0 Å². The van der Waals surface area contributed by atoms with E-state index in [4.69, 9.17) is 0 Å². The third kappa shape index (κ3) is 2.73. The number of hydrogen-bond donors (Lipinski definition) is 2. The lowest BCUT2D eigenvalue weighted by Crippen LogP contribution is -2.44. The summed E-state index contributed by atoms with van der Waals surface area (Å²) in [6.07, 6.45) is 6.28. The van der Waals surface area contributed by atoms with Crippen molar-refractivity contribution in [2.45, 2.75) is 31.4 Å². The normalized spacial score (nSPS) is 21.9. The summed E-state index contributed by atoms with van der Waals surface area (Å²) in [5.74, 6) is 0. The van der Waals surface area contributed by atoms with E-state index >= 15 is 0 Å². The number of nitriles is 1. The van der Waals surface area contributed by atoms with Gasteiger partial charge < -0.3 is 15.0 Å². The van der Waals surface area contributed by atoms with E-state index in [-0.39, 0.29) is 6.10 Å². The molecule has 2 fully saturated rings. The first kappa shape index (κ1) is 16.5. The number of likely N-dealkylation sites (tertiary alicyclic amines) is 1. The fourth-order valence-electron chi connectivity index (χ4n) is 4.65. The van der Waals surface area contributed by atoms with Crippen molar-refractivity contribution in [3.8, 4) is 6.07 Å². The molecule has 0 spiro atoms. The van der Waals surface area contributed by atoms with Crippen LogP contribution in [0.2, 0.25) is 0 Å². The zero-order valence-corrected chi connectivity index (χ0v) is 15.1. The molecule has 2 aliphatic rings. The molecule has 1 atom stereocenters. The second kappa shape index (κ2) is 6.48. The van der Waals surface area contributed by atoms with Crippen molar-refractivity contribution < 1.29 is 5.11 Å². The lowest BCUT2D eigenvalue weighted by Gasteiger charge is -2.38. The molecule has 3 aromatic rings. The van der Waals surface area contributed by atoms with Crippen LogP contribution in [0.5, 0.6) is 0 Å². The molecule has 5 rings (SSSR count). The number of fused-ring (bicyclic) bond motifs is 3. The van der Waals surface area contributed by atoms with Gasteiger partial charge in [-0.1, -0.05) is 0 Å². The van der Waals surface area contributed by atoms with Crippen molar-refractivity contribution >= 4 is 27.6 Å². The quantitative estimate of drug-likeness (QED) is 0.725. The van der Waals surface area contributed by atoms with E-state index in [2.05, 4.69) is 30.8 Å². The zero-order valence-electron chi connectivity index (χ0n) is 15.1. The van der Waals surface area contributed by atoms with Gasteiger partial charge in [0.1, 0.15) is 11.7 Å². The standard InChI is InChI=1S/C20H22N6O/c21-10-16-19(18-15-2-1-6-22-20(15)24-17(18)11-23-16)25-7-3-13(4-8-25)26-9-5-14(27)12-26/h1-2,6,11,13-14,27H,3-5,7-9,12H2,(H,22,24)/t14-/m1/s1. The van der Waals surface area contributed by atoms with Crippen molar-refractivity contribution in [1.29, 1.82) is 5.26 Å². The van der Waals surface area contributed by atoms with E-state index in [1.807, 2.05) is 12.1 Å². The molecule has 2 N–H and O–H groups in total. The van der Waals surface area contributed by atoms with Crippen LogP contribution in [0.4, 0.5) is 5.69 Å². The molecule has 0 aliphatic carbocycles. The Morgan fingerprint density at radius 1 is 1.19 bits per heavy atom. The summed E-state index contributed by atoms with van der Waals surface area (Å²) >= 11 is 0. The predicted octanol–water partition coefficient (Wildman–Crippen LogP) is 2.02. The lowest BCUT2D eigenvalue weighted by molar-refractivity contribution is 0.148. The number of hydrogen-bond acceptors (Lipinski definition) is 6. The average Bonchev–Trinajstić information content (AvgIpc) is 3.31. The van der Waals surface area contributed by atoms with Crippen LogP contribution in [0.3, 0.4) is 0 Å². The van der Waals surface area contributed by atoms with Gasteiger partial charge in [0.25, 0.3) is 0 Å². The maximum absolute atomic E-state index is 9.82. The predicted molar refractivity (Wildman–Crippen MR) is 104 cm³/mol. The van der Waals surface area contributed by atoms with E-state index in [0.717, 1.165) is 73.1 Å². The third-order valence-corrected chi connectivity index (χ3v) is 5.98. The number of nitrogens with zero attached hydrogens (tertiary/aromatic N) is 5. The Balaban J connectivity index is 1.50. The Morgan fingerprint density at radius 3 is 2.78 bits per heavy atom. The molecule has 138 valence electrons. The average molecular weight is 362 g/mol.